The number of hydrogen-bond donors (Lipinski definition) is 2. The summed E-state index contributed by atoms with van der Waals surface area (Å²) in [4.78, 5) is 42.7. The number of carbonyl (C=O) groups excluding carboxylic acids is 3. The Labute approximate surface area is 177 Å². The summed E-state index contributed by atoms with van der Waals surface area (Å²) in [6.07, 6.45) is 0.314. The Morgan fingerprint density at radius 3 is 2.42 bits per heavy atom. The maximum atomic E-state index is 13.5. The van der Waals surface area contributed by atoms with E-state index in [1.807, 2.05) is 0 Å². The topological polar surface area (TPSA) is 99.6 Å². The number of aromatic nitrogens is 1. The lowest BCUT2D eigenvalue weighted by atomic mass is 9.80. The number of pyridine rings is 1. The fraction of sp³-hybridized carbons (Fsp3) is 0.364. The maximum Gasteiger partial charge on any atom is 0.325 e. The number of aliphatic hydroxyl groups excluding tert-OH is 1. The maximum absolute atomic E-state index is 13.5. The van der Waals surface area contributed by atoms with Gasteiger partial charge >= 0.3 is 6.03 Å². The van der Waals surface area contributed by atoms with Crippen LogP contribution < -0.4 is 5.32 Å². The first kappa shape index (κ1) is 21.0. The van der Waals surface area contributed by atoms with Gasteiger partial charge in [0.05, 0.1) is 18.8 Å². The molecule has 3 amide bonds. The van der Waals surface area contributed by atoms with Crippen LogP contribution in [-0.2, 0) is 11.4 Å². The summed E-state index contributed by atoms with van der Waals surface area (Å²) in [5, 5.41) is 12.0. The van der Waals surface area contributed by atoms with Crippen LogP contribution in [0.1, 0.15) is 41.7 Å². The van der Waals surface area contributed by atoms with Crippen LogP contribution in [0.25, 0.3) is 11.1 Å². The lowest BCUT2D eigenvalue weighted by Crippen LogP contribution is -2.51. The van der Waals surface area contributed by atoms with Crippen LogP contribution >= 0.6 is 0 Å². The molecule has 1 saturated carbocycles. The number of rotatable bonds is 5. The number of amides is 3. The van der Waals surface area contributed by atoms with Gasteiger partial charge in [0.25, 0.3) is 5.91 Å². The van der Waals surface area contributed by atoms with E-state index in [4.69, 9.17) is 0 Å². The van der Waals surface area contributed by atoms with Gasteiger partial charge in [0, 0.05) is 30.2 Å². The molecule has 9 heteroatoms. The predicted octanol–water partition coefficient (Wildman–Crippen LogP) is 2.92. The number of ketones is 1. The average molecular weight is 429 g/mol. The molecule has 2 fully saturated rings. The highest BCUT2D eigenvalue weighted by atomic mass is 19.3. The molecule has 4 rings (SSSR count). The Bertz CT molecular complexity index is 1030. The highest BCUT2D eigenvalue weighted by Gasteiger charge is 2.55. The summed E-state index contributed by atoms with van der Waals surface area (Å²) in [6.45, 7) is -0.687. The summed E-state index contributed by atoms with van der Waals surface area (Å²) >= 11 is 0. The van der Waals surface area contributed by atoms with Crippen molar-refractivity contribution in [2.75, 3.05) is 6.54 Å². The summed E-state index contributed by atoms with van der Waals surface area (Å²) in [5.41, 5.74) is 0.947. The highest BCUT2D eigenvalue weighted by molar-refractivity contribution is 6.11. The van der Waals surface area contributed by atoms with Gasteiger partial charge < -0.3 is 10.4 Å². The molecule has 2 N–H and O–H groups in total. The van der Waals surface area contributed by atoms with Crippen molar-refractivity contribution < 1.29 is 28.3 Å². The molecule has 1 aromatic carbocycles. The number of imide groups is 1. The number of benzene rings is 1. The predicted molar refractivity (Wildman–Crippen MR) is 106 cm³/mol. The van der Waals surface area contributed by atoms with Gasteiger partial charge in [-0.05, 0) is 24.5 Å². The number of nitrogens with zero attached hydrogens (tertiary/aromatic N) is 2. The standard InChI is InChI=1S/C22H21F2N3O4/c23-22(24)9-7-21(8-10-22)19(30)27(20(31)26-21)12-18(29)15-5-3-14(4-6-15)16-2-1-11-25-17(16)13-28/h1-6,11,28H,7-10,12-13H2,(H,26,31). The molecular formula is C22H21F2N3O4. The van der Waals surface area contributed by atoms with E-state index in [0.717, 1.165) is 16.0 Å². The van der Waals surface area contributed by atoms with Gasteiger partial charge in [0.1, 0.15) is 5.54 Å². The Balaban J connectivity index is 1.47. The third-order valence-electron chi connectivity index (χ3n) is 5.94. The van der Waals surface area contributed by atoms with Crippen molar-refractivity contribution in [3.63, 3.8) is 0 Å². The van der Waals surface area contributed by atoms with Crippen molar-refractivity contribution in [1.82, 2.24) is 15.2 Å². The van der Waals surface area contributed by atoms with Gasteiger partial charge in [0.2, 0.25) is 5.92 Å². The Hall–Kier alpha value is -3.20. The first-order valence-electron chi connectivity index (χ1n) is 9.95. The fourth-order valence-corrected chi connectivity index (χ4v) is 4.10. The third kappa shape index (κ3) is 3.93. The van der Waals surface area contributed by atoms with E-state index in [0.29, 0.717) is 11.3 Å². The molecule has 1 aliphatic heterocycles. The number of urea groups is 1. The van der Waals surface area contributed by atoms with Crippen LogP contribution in [0.2, 0.25) is 0 Å². The number of carbonyl (C=O) groups is 3. The van der Waals surface area contributed by atoms with Gasteiger partial charge in [-0.25, -0.2) is 13.6 Å². The third-order valence-corrected chi connectivity index (χ3v) is 5.94. The van der Waals surface area contributed by atoms with Crippen molar-refractivity contribution in [2.24, 2.45) is 0 Å². The van der Waals surface area contributed by atoms with Gasteiger partial charge in [-0.2, -0.15) is 0 Å². The van der Waals surface area contributed by atoms with Gasteiger partial charge in [0.15, 0.2) is 5.78 Å². The molecule has 162 valence electrons. The zero-order valence-electron chi connectivity index (χ0n) is 16.6. The molecule has 1 saturated heterocycles. The van der Waals surface area contributed by atoms with Crippen molar-refractivity contribution in [2.45, 2.75) is 43.8 Å². The molecule has 1 spiro atoms. The number of hydrogen-bond acceptors (Lipinski definition) is 5. The smallest absolute Gasteiger partial charge is 0.325 e. The first-order valence-corrected chi connectivity index (χ1v) is 9.95. The summed E-state index contributed by atoms with van der Waals surface area (Å²) < 4.78 is 27.0. The fourth-order valence-electron chi connectivity index (χ4n) is 4.10. The van der Waals surface area contributed by atoms with Crippen LogP contribution in [0.5, 0.6) is 0 Å². The molecular weight excluding hydrogens is 408 g/mol. The van der Waals surface area contributed by atoms with Crippen molar-refractivity contribution in [3.8, 4) is 11.1 Å². The van der Waals surface area contributed by atoms with E-state index in [1.165, 1.54) is 0 Å². The summed E-state index contributed by atoms with van der Waals surface area (Å²) in [5.74, 6) is -3.91. The van der Waals surface area contributed by atoms with E-state index in [1.54, 1.807) is 42.6 Å². The lowest BCUT2D eigenvalue weighted by molar-refractivity contribution is -0.135. The number of Topliss-reactive ketones (excluding diaryl/α,β-unsaturated/α-hetero) is 1. The first-order chi connectivity index (χ1) is 14.7. The number of alkyl halides is 2. The molecule has 0 unspecified atom stereocenters. The van der Waals surface area contributed by atoms with E-state index in [9.17, 15) is 28.3 Å². The second-order valence-electron chi connectivity index (χ2n) is 7.92. The summed E-state index contributed by atoms with van der Waals surface area (Å²) in [6, 6.07) is 9.34. The van der Waals surface area contributed by atoms with Crippen molar-refractivity contribution >= 4 is 17.7 Å². The van der Waals surface area contributed by atoms with Crippen LogP contribution in [0, 0.1) is 0 Å². The molecule has 31 heavy (non-hydrogen) atoms. The van der Waals surface area contributed by atoms with E-state index in [2.05, 4.69) is 10.3 Å². The Morgan fingerprint density at radius 2 is 1.77 bits per heavy atom. The van der Waals surface area contributed by atoms with Crippen molar-refractivity contribution in [1.29, 1.82) is 0 Å². The Kier molecular flexibility index (Phi) is 5.30. The number of halogens is 2. The molecule has 0 radical (unpaired) electrons. The second-order valence-corrected chi connectivity index (χ2v) is 7.92. The SMILES string of the molecule is O=C(CN1C(=O)NC2(CCC(F)(F)CC2)C1=O)c1ccc(-c2cccnc2CO)cc1. The van der Waals surface area contributed by atoms with Crippen LogP contribution in [0.3, 0.4) is 0 Å². The van der Waals surface area contributed by atoms with E-state index >= 15 is 0 Å². The minimum absolute atomic E-state index is 0.151. The lowest BCUT2D eigenvalue weighted by Gasteiger charge is -2.34. The Morgan fingerprint density at radius 1 is 1.10 bits per heavy atom. The quantitative estimate of drug-likeness (QED) is 0.562. The van der Waals surface area contributed by atoms with Crippen LogP contribution in [0.15, 0.2) is 42.6 Å². The number of nitrogens with one attached hydrogen (secondary N) is 1. The number of aliphatic hydroxyl groups is 1. The molecule has 1 aliphatic carbocycles. The molecule has 7 nitrogen and oxygen atoms in total. The normalized spacial score (nSPS) is 19.5. The molecule has 2 aliphatic rings. The van der Waals surface area contributed by atoms with Gasteiger partial charge in [-0.3, -0.25) is 19.5 Å². The minimum Gasteiger partial charge on any atom is -0.390 e. The van der Waals surface area contributed by atoms with E-state index < -0.39 is 48.6 Å². The van der Waals surface area contributed by atoms with Gasteiger partial charge in [-0.1, -0.05) is 30.3 Å². The minimum atomic E-state index is -2.84. The molecule has 1 aromatic heterocycles. The largest absolute Gasteiger partial charge is 0.390 e. The van der Waals surface area contributed by atoms with Gasteiger partial charge in [-0.15, -0.1) is 0 Å². The molecule has 2 aromatic rings. The molecule has 2 heterocycles. The molecule has 0 atom stereocenters. The molecule has 0 bridgehead atoms. The highest BCUT2D eigenvalue weighted by Crippen LogP contribution is 2.41. The monoisotopic (exact) mass is 429 g/mol. The zero-order chi connectivity index (χ0) is 22.2. The van der Waals surface area contributed by atoms with E-state index in [-0.39, 0.29) is 19.4 Å². The average Bonchev–Trinajstić information content (AvgIpc) is 3.00. The zero-order valence-corrected chi connectivity index (χ0v) is 16.6. The summed E-state index contributed by atoms with van der Waals surface area (Å²) in [7, 11) is 0. The van der Waals surface area contributed by atoms with Crippen LogP contribution in [-0.4, -0.2) is 50.7 Å². The van der Waals surface area contributed by atoms with Crippen LogP contribution in [0.4, 0.5) is 13.6 Å². The second kappa shape index (κ2) is 7.81. The van der Waals surface area contributed by atoms with Crippen molar-refractivity contribution in [3.05, 3.63) is 53.9 Å².